The Bertz CT molecular complexity index is 1180. The third kappa shape index (κ3) is 2.82. The molecule has 1 fully saturated rings. The van der Waals surface area contributed by atoms with E-state index in [1.54, 1.807) is 13.3 Å². The molecule has 0 atom stereocenters. The van der Waals surface area contributed by atoms with Crippen LogP contribution in [0.25, 0.3) is 33.1 Å². The summed E-state index contributed by atoms with van der Waals surface area (Å²) in [5, 5.41) is 23.1. The molecule has 0 saturated heterocycles. The highest BCUT2D eigenvalue weighted by Crippen LogP contribution is 2.37. The molecule has 0 radical (unpaired) electrons. The summed E-state index contributed by atoms with van der Waals surface area (Å²) in [4.78, 5) is 12.4. The molecule has 0 amide bonds. The summed E-state index contributed by atoms with van der Waals surface area (Å²) in [7, 11) is 1.60. The Labute approximate surface area is 161 Å². The molecule has 1 saturated carbocycles. The minimum absolute atomic E-state index is 0.160. The number of nitrogens with one attached hydrogen (secondary N) is 2. The highest BCUT2D eigenvalue weighted by atomic mass is 16.5. The van der Waals surface area contributed by atoms with Gasteiger partial charge in [0.05, 0.1) is 29.8 Å². The summed E-state index contributed by atoms with van der Waals surface area (Å²) in [6.07, 6.45) is 4.94. The number of anilines is 1. The Morgan fingerprint density at radius 2 is 2.11 bits per heavy atom. The number of H-pyrrole nitrogens is 1. The molecular weight excluding hydrogens is 356 g/mol. The van der Waals surface area contributed by atoms with E-state index in [1.165, 1.54) is 0 Å². The van der Waals surface area contributed by atoms with Gasteiger partial charge in [-0.25, -0.2) is 0 Å². The molecule has 8 heteroatoms. The maximum atomic E-state index is 9.92. The summed E-state index contributed by atoms with van der Waals surface area (Å²) in [5.41, 5.74) is 2.92. The molecular formula is C20H20N6O2. The molecule has 0 bridgehead atoms. The molecule has 3 heterocycles. The van der Waals surface area contributed by atoms with E-state index in [9.17, 15) is 5.11 Å². The lowest BCUT2D eigenvalue weighted by molar-refractivity contribution is -0.0236. The van der Waals surface area contributed by atoms with E-state index in [2.05, 4.69) is 36.5 Å². The lowest BCUT2D eigenvalue weighted by atomic mass is 9.77. The Balaban J connectivity index is 1.55. The average Bonchev–Trinajstić information content (AvgIpc) is 3.09. The first-order chi connectivity index (χ1) is 13.5. The molecule has 1 aliphatic carbocycles. The summed E-state index contributed by atoms with van der Waals surface area (Å²) < 4.78 is 5.57. The number of fused-ring (bicyclic) bond motifs is 2. The first kappa shape index (κ1) is 16.9. The van der Waals surface area contributed by atoms with Crippen LogP contribution in [0.5, 0.6) is 5.88 Å². The van der Waals surface area contributed by atoms with Crippen molar-refractivity contribution in [3.05, 3.63) is 36.7 Å². The van der Waals surface area contributed by atoms with Gasteiger partial charge in [-0.2, -0.15) is 20.2 Å². The number of nitrogens with zero attached hydrogens (tertiary/aromatic N) is 4. The number of aromatic amines is 1. The van der Waals surface area contributed by atoms with Crippen molar-refractivity contribution in [1.82, 2.24) is 25.1 Å². The first-order valence-corrected chi connectivity index (χ1v) is 9.16. The van der Waals surface area contributed by atoms with Gasteiger partial charge in [-0.05, 0) is 43.5 Å². The zero-order valence-corrected chi connectivity index (χ0v) is 15.6. The van der Waals surface area contributed by atoms with E-state index in [0.717, 1.165) is 27.4 Å². The predicted octanol–water partition coefficient (Wildman–Crippen LogP) is 2.90. The first-order valence-electron chi connectivity index (χ1n) is 9.16. The van der Waals surface area contributed by atoms with E-state index in [1.807, 2.05) is 31.3 Å². The Kier molecular flexibility index (Phi) is 3.70. The van der Waals surface area contributed by atoms with Crippen molar-refractivity contribution in [2.75, 3.05) is 12.4 Å². The normalized spacial score (nSPS) is 21.6. The molecule has 8 nitrogen and oxygen atoms in total. The standard InChI is InChI=1S/C20H20N6O2/c1-20(27)8-13(9-20)23-19-24-17-16(18(25-19)28-2)14(10-21-17)11-3-4-15-12(7-11)5-6-22-26-15/h3-7,10,13,27H,8-9H2,1-2H3,(H2,21,23,24,25). The van der Waals surface area contributed by atoms with E-state index in [4.69, 9.17) is 4.74 Å². The van der Waals surface area contributed by atoms with Gasteiger partial charge in [-0.3, -0.25) is 0 Å². The van der Waals surface area contributed by atoms with Crippen LogP contribution in [0.2, 0.25) is 0 Å². The van der Waals surface area contributed by atoms with Gasteiger partial charge < -0.3 is 20.1 Å². The maximum Gasteiger partial charge on any atom is 0.228 e. The van der Waals surface area contributed by atoms with Crippen LogP contribution in [0, 0.1) is 0 Å². The van der Waals surface area contributed by atoms with Crippen LogP contribution in [0.4, 0.5) is 5.95 Å². The van der Waals surface area contributed by atoms with E-state index in [0.29, 0.717) is 30.3 Å². The Morgan fingerprint density at radius 3 is 2.89 bits per heavy atom. The maximum absolute atomic E-state index is 9.92. The Hall–Kier alpha value is -3.26. The summed E-state index contributed by atoms with van der Waals surface area (Å²) in [5.74, 6) is 0.995. The van der Waals surface area contributed by atoms with Gasteiger partial charge in [0, 0.05) is 23.2 Å². The van der Waals surface area contributed by atoms with Crippen LogP contribution in [0.1, 0.15) is 19.8 Å². The van der Waals surface area contributed by atoms with Gasteiger partial charge in [0.1, 0.15) is 5.65 Å². The number of aliphatic hydroxyl groups is 1. The number of methoxy groups -OCH3 is 1. The second-order valence-corrected chi connectivity index (χ2v) is 7.53. The van der Waals surface area contributed by atoms with Crippen molar-refractivity contribution >= 4 is 27.9 Å². The zero-order chi connectivity index (χ0) is 19.3. The van der Waals surface area contributed by atoms with Crippen LogP contribution in [-0.4, -0.2) is 49.0 Å². The smallest absolute Gasteiger partial charge is 0.228 e. The third-order valence-corrected chi connectivity index (χ3v) is 5.22. The molecule has 1 aliphatic rings. The highest BCUT2D eigenvalue weighted by Gasteiger charge is 2.38. The number of aromatic nitrogens is 5. The SMILES string of the molecule is COc1nc(NC2CC(C)(O)C2)nc2[nH]cc(-c3ccc4nnccc4c3)c12. The fraction of sp³-hybridized carbons (Fsp3) is 0.300. The van der Waals surface area contributed by atoms with Gasteiger partial charge in [-0.1, -0.05) is 6.07 Å². The van der Waals surface area contributed by atoms with Gasteiger partial charge in [0.2, 0.25) is 11.8 Å². The molecule has 4 aromatic rings. The molecule has 3 N–H and O–H groups in total. The van der Waals surface area contributed by atoms with Crippen LogP contribution in [0.3, 0.4) is 0 Å². The van der Waals surface area contributed by atoms with Crippen molar-refractivity contribution in [2.45, 2.75) is 31.4 Å². The molecule has 1 aromatic carbocycles. The molecule has 28 heavy (non-hydrogen) atoms. The summed E-state index contributed by atoms with van der Waals surface area (Å²) in [6.45, 7) is 1.84. The molecule has 0 spiro atoms. The minimum Gasteiger partial charge on any atom is -0.480 e. The minimum atomic E-state index is -0.605. The number of ether oxygens (including phenoxy) is 1. The van der Waals surface area contributed by atoms with Crippen LogP contribution >= 0.6 is 0 Å². The van der Waals surface area contributed by atoms with Crippen molar-refractivity contribution < 1.29 is 9.84 Å². The second-order valence-electron chi connectivity index (χ2n) is 7.53. The van der Waals surface area contributed by atoms with Gasteiger partial charge in [-0.15, -0.1) is 0 Å². The predicted molar refractivity (Wildman–Crippen MR) is 106 cm³/mol. The molecule has 0 aliphatic heterocycles. The average molecular weight is 376 g/mol. The van der Waals surface area contributed by atoms with Crippen molar-refractivity contribution in [2.24, 2.45) is 0 Å². The van der Waals surface area contributed by atoms with E-state index in [-0.39, 0.29) is 6.04 Å². The van der Waals surface area contributed by atoms with Gasteiger partial charge in [0.15, 0.2) is 0 Å². The zero-order valence-electron chi connectivity index (χ0n) is 15.6. The summed E-state index contributed by atoms with van der Waals surface area (Å²) >= 11 is 0. The van der Waals surface area contributed by atoms with Gasteiger partial charge >= 0.3 is 0 Å². The fourth-order valence-electron chi connectivity index (χ4n) is 3.88. The molecule has 3 aromatic heterocycles. The van der Waals surface area contributed by atoms with Crippen LogP contribution in [-0.2, 0) is 0 Å². The molecule has 142 valence electrons. The topological polar surface area (TPSA) is 109 Å². The quantitative estimate of drug-likeness (QED) is 0.502. The number of hydrogen-bond acceptors (Lipinski definition) is 7. The summed E-state index contributed by atoms with van der Waals surface area (Å²) in [6, 6.07) is 8.11. The molecule has 0 unspecified atom stereocenters. The Morgan fingerprint density at radius 1 is 1.25 bits per heavy atom. The largest absolute Gasteiger partial charge is 0.480 e. The second kappa shape index (κ2) is 6.13. The van der Waals surface area contributed by atoms with Crippen molar-refractivity contribution in [1.29, 1.82) is 0 Å². The fourth-order valence-corrected chi connectivity index (χ4v) is 3.88. The number of benzene rings is 1. The number of hydrogen-bond donors (Lipinski definition) is 3. The lowest BCUT2D eigenvalue weighted by Gasteiger charge is -2.41. The van der Waals surface area contributed by atoms with Crippen molar-refractivity contribution in [3.63, 3.8) is 0 Å². The lowest BCUT2D eigenvalue weighted by Crippen LogP contribution is -2.48. The third-order valence-electron chi connectivity index (χ3n) is 5.22. The van der Waals surface area contributed by atoms with E-state index >= 15 is 0 Å². The highest BCUT2D eigenvalue weighted by molar-refractivity contribution is 5.99. The monoisotopic (exact) mass is 376 g/mol. The van der Waals surface area contributed by atoms with Crippen LogP contribution in [0.15, 0.2) is 36.7 Å². The van der Waals surface area contributed by atoms with E-state index < -0.39 is 5.60 Å². The number of rotatable bonds is 4. The molecule has 5 rings (SSSR count). The van der Waals surface area contributed by atoms with Crippen molar-refractivity contribution in [3.8, 4) is 17.0 Å². The van der Waals surface area contributed by atoms with Crippen LogP contribution < -0.4 is 10.1 Å². The van der Waals surface area contributed by atoms with Gasteiger partial charge in [0.25, 0.3) is 0 Å².